The van der Waals surface area contributed by atoms with Gasteiger partial charge in [0.15, 0.2) is 5.78 Å². The maximum Gasteiger partial charge on any atom is 0.246 e. The van der Waals surface area contributed by atoms with Gasteiger partial charge in [-0.15, -0.1) is 0 Å². The zero-order valence-electron chi connectivity index (χ0n) is 17.7. The molecule has 0 radical (unpaired) electrons. The van der Waals surface area contributed by atoms with Gasteiger partial charge in [0.25, 0.3) is 0 Å². The van der Waals surface area contributed by atoms with Crippen LogP contribution in [0, 0.1) is 0 Å². The Balaban J connectivity index is 1.57. The average molecular weight is 443 g/mol. The molecule has 1 amide bonds. The number of amides is 1. The van der Waals surface area contributed by atoms with Gasteiger partial charge in [-0.25, -0.2) is 8.42 Å². The molecular weight excluding hydrogens is 416 g/mol. The second-order valence-electron chi connectivity index (χ2n) is 7.15. The molecule has 2 aromatic carbocycles. The lowest BCUT2D eigenvalue weighted by atomic mass is 10.2. The molecule has 3 rings (SSSR count). The molecule has 1 fully saturated rings. The van der Waals surface area contributed by atoms with E-state index in [1.165, 1.54) is 41.6 Å². The van der Waals surface area contributed by atoms with Gasteiger partial charge in [-0.05, 0) is 49.8 Å². The Bertz CT molecular complexity index is 1050. The van der Waals surface area contributed by atoms with Gasteiger partial charge in [-0.3, -0.25) is 9.59 Å². The van der Waals surface area contributed by atoms with Crippen LogP contribution in [-0.4, -0.2) is 62.1 Å². The minimum atomic E-state index is -3.66. The summed E-state index contributed by atoms with van der Waals surface area (Å²) in [5.41, 5.74) is 1.35. The van der Waals surface area contributed by atoms with Crippen LogP contribution < -0.4 is 4.74 Å². The smallest absolute Gasteiger partial charge is 0.246 e. The topological polar surface area (TPSA) is 84.0 Å². The van der Waals surface area contributed by atoms with Crippen LogP contribution in [0.4, 0.5) is 0 Å². The van der Waals surface area contributed by atoms with E-state index in [1.54, 1.807) is 11.0 Å². The van der Waals surface area contributed by atoms with Gasteiger partial charge in [0.2, 0.25) is 15.9 Å². The van der Waals surface area contributed by atoms with E-state index in [0.29, 0.717) is 25.3 Å². The third kappa shape index (κ3) is 5.59. The van der Waals surface area contributed by atoms with Crippen molar-refractivity contribution in [2.24, 2.45) is 0 Å². The molecule has 0 saturated carbocycles. The van der Waals surface area contributed by atoms with Gasteiger partial charge >= 0.3 is 0 Å². The molecule has 0 bridgehead atoms. The monoisotopic (exact) mass is 442 g/mol. The van der Waals surface area contributed by atoms with Crippen molar-refractivity contribution in [1.29, 1.82) is 0 Å². The summed E-state index contributed by atoms with van der Waals surface area (Å²) >= 11 is 0. The lowest BCUT2D eigenvalue weighted by Crippen LogP contribution is -2.50. The minimum absolute atomic E-state index is 0.116. The van der Waals surface area contributed by atoms with Crippen molar-refractivity contribution in [2.45, 2.75) is 18.7 Å². The molecule has 0 aromatic heterocycles. The Morgan fingerprint density at radius 1 is 0.968 bits per heavy atom. The van der Waals surface area contributed by atoms with E-state index in [4.69, 9.17) is 4.74 Å². The van der Waals surface area contributed by atoms with E-state index < -0.39 is 10.0 Å². The highest BCUT2D eigenvalue weighted by atomic mass is 32.2. The predicted molar refractivity (Wildman–Crippen MR) is 118 cm³/mol. The van der Waals surface area contributed by atoms with Crippen molar-refractivity contribution >= 4 is 27.8 Å². The van der Waals surface area contributed by atoms with Crippen LogP contribution in [0.2, 0.25) is 0 Å². The number of benzene rings is 2. The lowest BCUT2D eigenvalue weighted by Gasteiger charge is -2.33. The number of Topliss-reactive ketones (excluding diaryl/α,β-unsaturated/α-hetero) is 1. The number of nitrogens with zero attached hydrogens (tertiary/aromatic N) is 2. The fourth-order valence-electron chi connectivity index (χ4n) is 3.27. The van der Waals surface area contributed by atoms with Crippen molar-refractivity contribution < 1.29 is 22.7 Å². The number of ether oxygens (including phenoxy) is 1. The van der Waals surface area contributed by atoms with E-state index in [2.05, 4.69) is 0 Å². The third-order valence-corrected chi connectivity index (χ3v) is 6.97. The molecule has 0 N–H and O–H groups in total. The summed E-state index contributed by atoms with van der Waals surface area (Å²) in [5.74, 6) is 0.505. The normalized spacial score (nSPS) is 15.2. The Morgan fingerprint density at radius 2 is 1.58 bits per heavy atom. The molecule has 0 aliphatic carbocycles. The van der Waals surface area contributed by atoms with Crippen molar-refractivity contribution in [3.63, 3.8) is 0 Å². The van der Waals surface area contributed by atoms with E-state index in [1.807, 2.05) is 31.2 Å². The van der Waals surface area contributed by atoms with Crippen molar-refractivity contribution in [1.82, 2.24) is 9.21 Å². The minimum Gasteiger partial charge on any atom is -0.494 e. The molecular formula is C23H26N2O5S. The Kier molecular flexibility index (Phi) is 7.25. The summed E-state index contributed by atoms with van der Waals surface area (Å²) in [4.78, 5) is 25.6. The van der Waals surface area contributed by atoms with Gasteiger partial charge in [-0.2, -0.15) is 4.31 Å². The summed E-state index contributed by atoms with van der Waals surface area (Å²) < 4.78 is 32.5. The highest BCUT2D eigenvalue weighted by Crippen LogP contribution is 2.19. The summed E-state index contributed by atoms with van der Waals surface area (Å²) in [6.07, 6.45) is 3.23. The zero-order valence-corrected chi connectivity index (χ0v) is 18.5. The molecule has 0 spiro atoms. The molecule has 0 atom stereocenters. The average Bonchev–Trinajstić information content (AvgIpc) is 2.78. The van der Waals surface area contributed by atoms with Gasteiger partial charge in [0.1, 0.15) is 5.75 Å². The van der Waals surface area contributed by atoms with Gasteiger partial charge in [0.05, 0.1) is 11.5 Å². The van der Waals surface area contributed by atoms with Crippen molar-refractivity contribution in [3.05, 3.63) is 65.7 Å². The molecule has 2 aromatic rings. The number of ketones is 1. The first-order valence-corrected chi connectivity index (χ1v) is 11.6. The number of hydrogen-bond donors (Lipinski definition) is 0. The Morgan fingerprint density at radius 3 is 2.13 bits per heavy atom. The number of piperazine rings is 1. The van der Waals surface area contributed by atoms with E-state index in [0.717, 1.165) is 11.3 Å². The Labute approximate surface area is 183 Å². The second-order valence-corrected chi connectivity index (χ2v) is 9.08. The summed E-state index contributed by atoms with van der Waals surface area (Å²) in [7, 11) is -3.66. The summed E-state index contributed by atoms with van der Waals surface area (Å²) in [6.45, 7) is 5.03. The lowest BCUT2D eigenvalue weighted by molar-refractivity contribution is -0.127. The highest BCUT2D eigenvalue weighted by molar-refractivity contribution is 7.89. The number of carbonyl (C=O) groups excluding carboxylic acids is 2. The molecule has 8 heteroatoms. The van der Waals surface area contributed by atoms with Gasteiger partial charge < -0.3 is 9.64 Å². The van der Waals surface area contributed by atoms with Crippen LogP contribution in [0.15, 0.2) is 59.5 Å². The van der Waals surface area contributed by atoms with Crippen molar-refractivity contribution in [3.8, 4) is 5.75 Å². The van der Waals surface area contributed by atoms with Crippen LogP contribution >= 0.6 is 0 Å². The first kappa shape index (κ1) is 22.7. The molecule has 1 saturated heterocycles. The second kappa shape index (κ2) is 9.89. The number of sulfonamides is 1. The summed E-state index contributed by atoms with van der Waals surface area (Å²) in [5, 5.41) is 0. The molecule has 1 aliphatic heterocycles. The number of hydrogen-bond acceptors (Lipinski definition) is 5. The zero-order chi connectivity index (χ0) is 22.4. The van der Waals surface area contributed by atoms with Crippen LogP contribution in [0.1, 0.15) is 29.8 Å². The van der Waals surface area contributed by atoms with Crippen LogP contribution in [0.5, 0.6) is 5.75 Å². The molecule has 7 nitrogen and oxygen atoms in total. The highest BCUT2D eigenvalue weighted by Gasteiger charge is 2.29. The number of carbonyl (C=O) groups is 2. The third-order valence-electron chi connectivity index (χ3n) is 5.06. The molecule has 164 valence electrons. The summed E-state index contributed by atoms with van der Waals surface area (Å²) in [6, 6.07) is 13.4. The first-order chi connectivity index (χ1) is 14.8. The van der Waals surface area contributed by atoms with E-state index in [9.17, 15) is 18.0 Å². The molecule has 1 aliphatic rings. The van der Waals surface area contributed by atoms with Crippen LogP contribution in [0.3, 0.4) is 0 Å². The van der Waals surface area contributed by atoms with Crippen LogP contribution in [0.25, 0.3) is 6.08 Å². The van der Waals surface area contributed by atoms with Crippen LogP contribution in [-0.2, 0) is 14.8 Å². The fraction of sp³-hybridized carbons (Fsp3) is 0.304. The quantitative estimate of drug-likeness (QED) is 0.486. The maximum absolute atomic E-state index is 12.8. The predicted octanol–water partition coefficient (Wildman–Crippen LogP) is 2.83. The molecule has 1 heterocycles. The van der Waals surface area contributed by atoms with Crippen molar-refractivity contribution in [2.75, 3.05) is 32.8 Å². The van der Waals surface area contributed by atoms with Gasteiger partial charge in [0, 0.05) is 37.8 Å². The van der Waals surface area contributed by atoms with Gasteiger partial charge in [-0.1, -0.05) is 24.3 Å². The van der Waals surface area contributed by atoms with E-state index in [-0.39, 0.29) is 29.7 Å². The maximum atomic E-state index is 12.8. The standard InChI is InChI=1S/C23H26N2O5S/c1-3-30-21-9-4-19(5-10-21)6-13-23(27)24-14-16-25(17-15-24)31(28,29)22-11-7-20(8-12-22)18(2)26/h4-13H,3,14-17H2,1-2H3/b13-6+. The number of rotatable bonds is 7. The molecule has 0 unspecified atom stereocenters. The largest absolute Gasteiger partial charge is 0.494 e. The fourth-order valence-corrected chi connectivity index (χ4v) is 4.70. The van der Waals surface area contributed by atoms with E-state index >= 15 is 0 Å². The SMILES string of the molecule is CCOc1ccc(/C=C/C(=O)N2CCN(S(=O)(=O)c3ccc(C(C)=O)cc3)CC2)cc1. The molecule has 31 heavy (non-hydrogen) atoms. The first-order valence-electron chi connectivity index (χ1n) is 10.1. The Hall–Kier alpha value is -2.97.